The zero-order valence-electron chi connectivity index (χ0n) is 14.9. The molecule has 1 N–H and O–H groups in total. The molecule has 5 heteroatoms. The van der Waals surface area contributed by atoms with Crippen LogP contribution in [-0.4, -0.2) is 29.4 Å². The maximum absolute atomic E-state index is 13.0. The van der Waals surface area contributed by atoms with Crippen molar-refractivity contribution in [2.24, 2.45) is 0 Å². The molecular formula is C20H26FN3O. The lowest BCUT2D eigenvalue weighted by Gasteiger charge is -2.21. The molecule has 1 aromatic carbocycles. The van der Waals surface area contributed by atoms with Crippen LogP contribution in [0.15, 0.2) is 48.8 Å². The van der Waals surface area contributed by atoms with Crippen LogP contribution in [0.3, 0.4) is 0 Å². The van der Waals surface area contributed by atoms with Gasteiger partial charge in [0, 0.05) is 18.9 Å². The molecule has 0 saturated carbocycles. The average Bonchev–Trinajstić information content (AvgIpc) is 2.61. The Labute approximate surface area is 149 Å². The van der Waals surface area contributed by atoms with E-state index in [1.807, 2.05) is 30.3 Å². The molecule has 0 aliphatic rings. The Balaban J connectivity index is 1.90. The van der Waals surface area contributed by atoms with E-state index in [1.165, 1.54) is 12.1 Å². The minimum absolute atomic E-state index is 0.0135. The van der Waals surface area contributed by atoms with Gasteiger partial charge in [-0.25, -0.2) is 4.39 Å². The van der Waals surface area contributed by atoms with Crippen LogP contribution in [0.2, 0.25) is 0 Å². The minimum atomic E-state index is -0.251. The highest BCUT2D eigenvalue weighted by Gasteiger charge is 2.15. The number of amides is 1. The average molecular weight is 343 g/mol. The van der Waals surface area contributed by atoms with Crippen LogP contribution in [0.4, 0.5) is 4.39 Å². The number of likely N-dealkylation sites (N-methyl/N-ethyl adjacent to an activating group) is 1. The molecule has 0 radical (unpaired) electrons. The molecule has 1 atom stereocenters. The Kier molecular flexibility index (Phi) is 7.54. The molecule has 0 aliphatic carbocycles. The largest absolute Gasteiger partial charge is 0.348 e. The molecule has 0 saturated heterocycles. The van der Waals surface area contributed by atoms with E-state index in [4.69, 9.17) is 0 Å². The first-order chi connectivity index (χ1) is 12.1. The van der Waals surface area contributed by atoms with Crippen LogP contribution in [0.25, 0.3) is 0 Å². The number of nitrogens with zero attached hydrogens (tertiary/aromatic N) is 2. The second-order valence-electron chi connectivity index (χ2n) is 6.35. The topological polar surface area (TPSA) is 45.2 Å². The Morgan fingerprint density at radius 1 is 1.28 bits per heavy atom. The fraction of sp³-hybridized carbons (Fsp3) is 0.400. The van der Waals surface area contributed by atoms with Gasteiger partial charge in [-0.1, -0.05) is 38.0 Å². The van der Waals surface area contributed by atoms with Gasteiger partial charge in [0.15, 0.2) is 0 Å². The van der Waals surface area contributed by atoms with Gasteiger partial charge in [-0.2, -0.15) is 0 Å². The molecule has 25 heavy (non-hydrogen) atoms. The summed E-state index contributed by atoms with van der Waals surface area (Å²) in [4.78, 5) is 18.5. The standard InChI is InChI=1S/C20H26FN3O/c1-3-4-7-19(17-6-5-12-22-13-17)23-20(25)15-24(2)14-16-8-10-18(21)11-9-16/h5-6,8-13,19H,3-4,7,14-15H2,1-2H3,(H,23,25). The van der Waals surface area contributed by atoms with Crippen LogP contribution >= 0.6 is 0 Å². The van der Waals surface area contributed by atoms with E-state index in [-0.39, 0.29) is 17.8 Å². The first-order valence-corrected chi connectivity index (χ1v) is 8.70. The van der Waals surface area contributed by atoms with Crippen LogP contribution in [0, 0.1) is 5.82 Å². The van der Waals surface area contributed by atoms with Crippen molar-refractivity contribution in [2.75, 3.05) is 13.6 Å². The van der Waals surface area contributed by atoms with Gasteiger partial charge in [-0.15, -0.1) is 0 Å². The molecule has 4 nitrogen and oxygen atoms in total. The predicted octanol–water partition coefficient (Wildman–Crippen LogP) is 3.70. The van der Waals surface area contributed by atoms with Gasteiger partial charge in [0.2, 0.25) is 5.91 Å². The zero-order valence-corrected chi connectivity index (χ0v) is 14.9. The lowest BCUT2D eigenvalue weighted by Crippen LogP contribution is -2.37. The predicted molar refractivity (Wildman–Crippen MR) is 97.4 cm³/mol. The number of benzene rings is 1. The van der Waals surface area contributed by atoms with Crippen molar-refractivity contribution in [3.63, 3.8) is 0 Å². The molecule has 0 spiro atoms. The smallest absolute Gasteiger partial charge is 0.234 e. The highest BCUT2D eigenvalue weighted by Crippen LogP contribution is 2.18. The van der Waals surface area contributed by atoms with Crippen LogP contribution in [0.5, 0.6) is 0 Å². The van der Waals surface area contributed by atoms with Crippen molar-refractivity contribution in [1.29, 1.82) is 0 Å². The summed E-state index contributed by atoms with van der Waals surface area (Å²) >= 11 is 0. The van der Waals surface area contributed by atoms with E-state index in [1.54, 1.807) is 18.3 Å². The van der Waals surface area contributed by atoms with Crippen molar-refractivity contribution in [3.05, 3.63) is 65.7 Å². The third-order valence-electron chi connectivity index (χ3n) is 4.05. The van der Waals surface area contributed by atoms with E-state index in [0.717, 1.165) is 30.4 Å². The maximum Gasteiger partial charge on any atom is 0.234 e. The maximum atomic E-state index is 13.0. The first kappa shape index (κ1) is 19.1. The molecule has 0 bridgehead atoms. The summed E-state index contributed by atoms with van der Waals surface area (Å²) in [6, 6.07) is 10.2. The number of unbranched alkanes of at least 4 members (excludes halogenated alkanes) is 1. The van der Waals surface area contributed by atoms with Gasteiger partial charge in [0.1, 0.15) is 5.82 Å². The molecule has 1 heterocycles. The Hall–Kier alpha value is -2.27. The Morgan fingerprint density at radius 2 is 2.04 bits per heavy atom. The number of rotatable bonds is 9. The number of halogens is 1. The van der Waals surface area contributed by atoms with Crippen molar-refractivity contribution < 1.29 is 9.18 Å². The van der Waals surface area contributed by atoms with Crippen LogP contribution < -0.4 is 5.32 Å². The SMILES string of the molecule is CCCCC(NC(=O)CN(C)Cc1ccc(F)cc1)c1cccnc1. The lowest BCUT2D eigenvalue weighted by molar-refractivity contribution is -0.122. The number of pyridine rings is 1. The molecule has 1 amide bonds. The lowest BCUT2D eigenvalue weighted by atomic mass is 10.0. The number of carbonyl (C=O) groups is 1. The van der Waals surface area contributed by atoms with E-state index in [9.17, 15) is 9.18 Å². The number of aromatic nitrogens is 1. The summed E-state index contributed by atoms with van der Waals surface area (Å²) in [6.07, 6.45) is 6.57. The molecule has 2 aromatic rings. The number of nitrogens with one attached hydrogen (secondary N) is 1. The van der Waals surface area contributed by atoms with Crippen molar-refractivity contribution in [3.8, 4) is 0 Å². The second-order valence-corrected chi connectivity index (χ2v) is 6.35. The van der Waals surface area contributed by atoms with Crippen molar-refractivity contribution in [2.45, 2.75) is 38.8 Å². The van der Waals surface area contributed by atoms with Gasteiger partial charge < -0.3 is 5.32 Å². The van der Waals surface area contributed by atoms with Crippen LogP contribution in [0.1, 0.15) is 43.4 Å². The fourth-order valence-electron chi connectivity index (χ4n) is 2.76. The summed E-state index contributed by atoms with van der Waals surface area (Å²) in [6.45, 7) is 3.03. The quantitative estimate of drug-likeness (QED) is 0.755. The fourth-order valence-corrected chi connectivity index (χ4v) is 2.76. The summed E-state index contributed by atoms with van der Waals surface area (Å²) in [7, 11) is 1.88. The highest BCUT2D eigenvalue weighted by atomic mass is 19.1. The third kappa shape index (κ3) is 6.63. The Morgan fingerprint density at radius 3 is 2.68 bits per heavy atom. The zero-order chi connectivity index (χ0) is 18.1. The molecular weight excluding hydrogens is 317 g/mol. The van der Waals surface area contributed by atoms with E-state index >= 15 is 0 Å². The summed E-state index contributed by atoms with van der Waals surface area (Å²) in [5, 5.41) is 3.11. The van der Waals surface area contributed by atoms with E-state index < -0.39 is 0 Å². The molecule has 0 fully saturated rings. The Bertz CT molecular complexity index is 646. The summed E-state index contributed by atoms with van der Waals surface area (Å²) < 4.78 is 13.0. The van der Waals surface area contributed by atoms with E-state index in [0.29, 0.717) is 13.1 Å². The van der Waals surface area contributed by atoms with Gasteiger partial charge in [0.25, 0.3) is 0 Å². The van der Waals surface area contributed by atoms with Gasteiger partial charge in [-0.3, -0.25) is 14.7 Å². The van der Waals surface area contributed by atoms with Gasteiger partial charge >= 0.3 is 0 Å². The van der Waals surface area contributed by atoms with Crippen LogP contribution in [-0.2, 0) is 11.3 Å². The minimum Gasteiger partial charge on any atom is -0.348 e. The monoisotopic (exact) mass is 343 g/mol. The number of hydrogen-bond acceptors (Lipinski definition) is 3. The second kappa shape index (κ2) is 9.89. The van der Waals surface area contributed by atoms with Crippen molar-refractivity contribution >= 4 is 5.91 Å². The first-order valence-electron chi connectivity index (χ1n) is 8.70. The summed E-state index contributed by atoms with van der Waals surface area (Å²) in [5.41, 5.74) is 2.01. The molecule has 1 unspecified atom stereocenters. The molecule has 134 valence electrons. The van der Waals surface area contributed by atoms with Gasteiger partial charge in [0.05, 0.1) is 12.6 Å². The number of hydrogen-bond donors (Lipinski definition) is 1. The highest BCUT2D eigenvalue weighted by molar-refractivity contribution is 5.78. The molecule has 0 aliphatic heterocycles. The third-order valence-corrected chi connectivity index (χ3v) is 4.05. The normalized spacial score (nSPS) is 12.2. The molecule has 1 aromatic heterocycles. The summed E-state index contributed by atoms with van der Waals surface area (Å²) in [5.74, 6) is -0.269. The number of carbonyl (C=O) groups excluding carboxylic acids is 1. The van der Waals surface area contributed by atoms with E-state index in [2.05, 4.69) is 17.2 Å². The van der Waals surface area contributed by atoms with Gasteiger partial charge in [-0.05, 0) is 42.8 Å². The van der Waals surface area contributed by atoms with Crippen molar-refractivity contribution in [1.82, 2.24) is 15.2 Å². The molecule has 2 rings (SSSR count).